The summed E-state index contributed by atoms with van der Waals surface area (Å²) in [6, 6.07) is 17.2. The average Bonchev–Trinajstić information content (AvgIpc) is 2.68. The van der Waals surface area contributed by atoms with Crippen LogP contribution < -0.4 is 10.6 Å². The summed E-state index contributed by atoms with van der Waals surface area (Å²) >= 11 is 0. The molecule has 132 valence electrons. The Bertz CT molecular complexity index is 899. The van der Waals surface area contributed by atoms with Crippen LogP contribution in [0.4, 0.5) is 15.9 Å². The molecule has 5 nitrogen and oxygen atoms in total. The molecule has 0 saturated heterocycles. The summed E-state index contributed by atoms with van der Waals surface area (Å²) in [6.45, 7) is 2.53. The van der Waals surface area contributed by atoms with E-state index in [4.69, 9.17) is 0 Å². The Morgan fingerprint density at radius 3 is 2.50 bits per heavy atom. The van der Waals surface area contributed by atoms with Gasteiger partial charge in [-0.2, -0.15) is 0 Å². The van der Waals surface area contributed by atoms with Gasteiger partial charge in [-0.15, -0.1) is 0 Å². The monoisotopic (exact) mass is 350 g/mol. The zero-order valence-electron chi connectivity index (χ0n) is 14.4. The number of hydrogen-bond acceptors (Lipinski definition) is 4. The minimum Gasteiger partial charge on any atom is -0.351 e. The third-order valence-electron chi connectivity index (χ3n) is 3.66. The number of nitrogens with one attached hydrogen (secondary N) is 2. The van der Waals surface area contributed by atoms with E-state index in [1.807, 2.05) is 37.3 Å². The normalized spacial score (nSPS) is 10.4. The number of halogens is 1. The van der Waals surface area contributed by atoms with Crippen LogP contribution in [0.1, 0.15) is 23.8 Å². The highest BCUT2D eigenvalue weighted by Crippen LogP contribution is 2.22. The molecule has 26 heavy (non-hydrogen) atoms. The molecule has 0 radical (unpaired) electrons. The number of nitrogens with zero attached hydrogens (tertiary/aromatic N) is 2. The van der Waals surface area contributed by atoms with Gasteiger partial charge < -0.3 is 10.6 Å². The van der Waals surface area contributed by atoms with Gasteiger partial charge in [-0.25, -0.2) is 14.4 Å². The maximum atomic E-state index is 13.9. The van der Waals surface area contributed by atoms with Crippen molar-refractivity contribution in [2.24, 2.45) is 0 Å². The van der Waals surface area contributed by atoms with E-state index in [-0.39, 0.29) is 17.3 Å². The molecule has 3 aromatic rings. The van der Waals surface area contributed by atoms with Gasteiger partial charge >= 0.3 is 0 Å². The first-order valence-electron chi connectivity index (χ1n) is 8.41. The van der Waals surface area contributed by atoms with Crippen molar-refractivity contribution < 1.29 is 9.18 Å². The van der Waals surface area contributed by atoms with Gasteiger partial charge in [0.2, 0.25) is 0 Å². The number of carbonyl (C=O) groups is 1. The van der Waals surface area contributed by atoms with Crippen LogP contribution in [0, 0.1) is 5.82 Å². The lowest BCUT2D eigenvalue weighted by Crippen LogP contribution is -2.25. The highest BCUT2D eigenvalue weighted by molar-refractivity contribution is 5.93. The zero-order chi connectivity index (χ0) is 18.4. The molecule has 1 amide bonds. The molecule has 0 fully saturated rings. The second-order valence-corrected chi connectivity index (χ2v) is 5.69. The van der Waals surface area contributed by atoms with E-state index in [0.717, 1.165) is 12.0 Å². The number of rotatable bonds is 6. The second kappa shape index (κ2) is 8.20. The van der Waals surface area contributed by atoms with Crippen molar-refractivity contribution in [3.63, 3.8) is 0 Å². The Hall–Kier alpha value is -3.28. The molecule has 0 aliphatic rings. The number of para-hydroxylation sites is 1. The van der Waals surface area contributed by atoms with Crippen molar-refractivity contribution in [3.05, 3.63) is 72.2 Å². The largest absolute Gasteiger partial charge is 0.351 e. The molecule has 0 bridgehead atoms. The van der Waals surface area contributed by atoms with Crippen LogP contribution in [-0.4, -0.2) is 22.4 Å². The van der Waals surface area contributed by atoms with Crippen LogP contribution in [0.15, 0.2) is 60.7 Å². The fraction of sp³-hybridized carbons (Fsp3) is 0.150. The van der Waals surface area contributed by atoms with Gasteiger partial charge in [0.05, 0.1) is 5.69 Å². The van der Waals surface area contributed by atoms with Crippen LogP contribution >= 0.6 is 0 Å². The van der Waals surface area contributed by atoms with Crippen LogP contribution in [0.5, 0.6) is 0 Å². The van der Waals surface area contributed by atoms with Crippen molar-refractivity contribution in [2.45, 2.75) is 13.3 Å². The van der Waals surface area contributed by atoms with Crippen molar-refractivity contribution in [3.8, 4) is 11.4 Å². The summed E-state index contributed by atoms with van der Waals surface area (Å²) in [5, 5.41) is 5.73. The van der Waals surface area contributed by atoms with Crippen LogP contribution in [0.2, 0.25) is 0 Å². The third kappa shape index (κ3) is 4.22. The van der Waals surface area contributed by atoms with Gasteiger partial charge in [-0.05, 0) is 18.6 Å². The van der Waals surface area contributed by atoms with Gasteiger partial charge in [-0.3, -0.25) is 4.79 Å². The van der Waals surface area contributed by atoms with E-state index in [1.54, 1.807) is 18.2 Å². The first-order chi connectivity index (χ1) is 12.7. The minimum absolute atomic E-state index is 0.228. The highest BCUT2D eigenvalue weighted by Gasteiger charge is 2.13. The number of anilines is 2. The van der Waals surface area contributed by atoms with E-state index < -0.39 is 5.82 Å². The fourth-order valence-corrected chi connectivity index (χ4v) is 2.37. The maximum absolute atomic E-state index is 13.9. The van der Waals surface area contributed by atoms with Crippen LogP contribution in [-0.2, 0) is 0 Å². The number of benzene rings is 2. The Morgan fingerprint density at radius 2 is 1.77 bits per heavy atom. The average molecular weight is 350 g/mol. The third-order valence-corrected chi connectivity index (χ3v) is 3.66. The molecular weight excluding hydrogens is 331 g/mol. The van der Waals surface area contributed by atoms with Crippen molar-refractivity contribution in [1.29, 1.82) is 0 Å². The summed E-state index contributed by atoms with van der Waals surface area (Å²) in [5.41, 5.74) is 1.28. The quantitative estimate of drug-likeness (QED) is 0.700. The smallest absolute Gasteiger partial charge is 0.270 e. The molecule has 0 unspecified atom stereocenters. The summed E-state index contributed by atoms with van der Waals surface area (Å²) in [4.78, 5) is 21.2. The highest BCUT2D eigenvalue weighted by atomic mass is 19.1. The Morgan fingerprint density at radius 1 is 1.04 bits per heavy atom. The van der Waals surface area contributed by atoms with Gasteiger partial charge in [0.15, 0.2) is 5.82 Å². The standard InChI is InChI=1S/C20H19FN4O/c1-2-12-22-20(26)17-13-18(23-16-11-7-6-10-15(16)21)25-19(24-17)14-8-4-3-5-9-14/h3-11,13H,2,12H2,1H3,(H,22,26)(H,23,24,25). The number of carbonyl (C=O) groups excluding carboxylic acids is 1. The van der Waals surface area contributed by atoms with E-state index in [2.05, 4.69) is 20.6 Å². The molecule has 2 N–H and O–H groups in total. The zero-order valence-corrected chi connectivity index (χ0v) is 14.4. The summed E-state index contributed by atoms with van der Waals surface area (Å²) in [6.07, 6.45) is 0.822. The summed E-state index contributed by atoms with van der Waals surface area (Å²) in [5.74, 6) is 0.0616. The maximum Gasteiger partial charge on any atom is 0.270 e. The van der Waals surface area contributed by atoms with Gasteiger partial charge in [0, 0.05) is 18.2 Å². The molecule has 0 saturated carbocycles. The number of amides is 1. The predicted molar refractivity (Wildman–Crippen MR) is 99.8 cm³/mol. The van der Waals surface area contributed by atoms with Gasteiger partial charge in [-0.1, -0.05) is 49.4 Å². The molecule has 0 aliphatic carbocycles. The lowest BCUT2D eigenvalue weighted by atomic mass is 10.2. The van der Waals surface area contributed by atoms with Gasteiger partial charge in [0.25, 0.3) is 5.91 Å². The molecule has 0 atom stereocenters. The van der Waals surface area contributed by atoms with Gasteiger partial charge in [0.1, 0.15) is 17.3 Å². The molecule has 3 rings (SSSR count). The topological polar surface area (TPSA) is 66.9 Å². The van der Waals surface area contributed by atoms with E-state index in [9.17, 15) is 9.18 Å². The minimum atomic E-state index is -0.399. The van der Waals surface area contributed by atoms with E-state index >= 15 is 0 Å². The predicted octanol–water partition coefficient (Wildman–Crippen LogP) is 4.17. The fourth-order valence-electron chi connectivity index (χ4n) is 2.37. The Kier molecular flexibility index (Phi) is 5.53. The Balaban J connectivity index is 2.00. The van der Waals surface area contributed by atoms with Crippen LogP contribution in [0.3, 0.4) is 0 Å². The first kappa shape index (κ1) is 17.5. The Labute approximate surface area is 151 Å². The molecule has 0 spiro atoms. The SMILES string of the molecule is CCCNC(=O)c1cc(Nc2ccccc2F)nc(-c2ccccc2)n1. The summed E-state index contributed by atoms with van der Waals surface area (Å²) in [7, 11) is 0. The van der Waals surface area contributed by atoms with Crippen molar-refractivity contribution in [1.82, 2.24) is 15.3 Å². The molecule has 2 aromatic carbocycles. The van der Waals surface area contributed by atoms with Crippen molar-refractivity contribution >= 4 is 17.4 Å². The molecule has 1 heterocycles. The number of hydrogen-bond donors (Lipinski definition) is 2. The summed E-state index contributed by atoms with van der Waals surface area (Å²) < 4.78 is 13.9. The van der Waals surface area contributed by atoms with E-state index in [1.165, 1.54) is 12.1 Å². The number of aromatic nitrogens is 2. The first-order valence-corrected chi connectivity index (χ1v) is 8.41. The molecule has 1 aromatic heterocycles. The molecule has 0 aliphatic heterocycles. The lowest BCUT2D eigenvalue weighted by Gasteiger charge is -2.11. The van der Waals surface area contributed by atoms with Crippen LogP contribution in [0.25, 0.3) is 11.4 Å². The second-order valence-electron chi connectivity index (χ2n) is 5.69. The van der Waals surface area contributed by atoms with Crippen molar-refractivity contribution in [2.75, 3.05) is 11.9 Å². The molecule has 6 heteroatoms. The molecular formula is C20H19FN4O. The van der Waals surface area contributed by atoms with E-state index in [0.29, 0.717) is 18.2 Å². The lowest BCUT2D eigenvalue weighted by molar-refractivity contribution is 0.0948.